The lowest BCUT2D eigenvalue weighted by Gasteiger charge is -2.08. The summed E-state index contributed by atoms with van der Waals surface area (Å²) in [5.41, 5.74) is 5.55. The molecule has 6 nitrogen and oxygen atoms in total. The lowest BCUT2D eigenvalue weighted by atomic mass is 10.2. The Morgan fingerprint density at radius 1 is 1.03 bits per heavy atom. The van der Waals surface area contributed by atoms with Crippen LogP contribution in [0.1, 0.15) is 21.5 Å². The van der Waals surface area contributed by atoms with Crippen LogP contribution in [0.15, 0.2) is 82.4 Å². The van der Waals surface area contributed by atoms with Gasteiger partial charge in [-0.05, 0) is 54.4 Å². The monoisotopic (exact) mass is 465 g/mol. The number of aryl methyl sites for hydroxylation is 1. The van der Waals surface area contributed by atoms with Crippen molar-refractivity contribution in [3.05, 3.63) is 94.0 Å². The van der Waals surface area contributed by atoms with Crippen LogP contribution in [0.5, 0.6) is 5.75 Å². The van der Waals surface area contributed by atoms with Crippen LogP contribution in [-0.4, -0.2) is 24.6 Å². The number of amides is 1. The second kappa shape index (κ2) is 10.4. The minimum atomic E-state index is -0.457. The molecule has 0 fully saturated rings. The summed E-state index contributed by atoms with van der Waals surface area (Å²) < 4.78 is 6.20. The highest BCUT2D eigenvalue weighted by Crippen LogP contribution is 2.17. The highest BCUT2D eigenvalue weighted by molar-refractivity contribution is 9.10. The van der Waals surface area contributed by atoms with Crippen molar-refractivity contribution < 1.29 is 14.3 Å². The van der Waals surface area contributed by atoms with Gasteiger partial charge in [-0.25, -0.2) is 10.2 Å². The average molecular weight is 466 g/mol. The van der Waals surface area contributed by atoms with Crippen LogP contribution >= 0.6 is 15.9 Å². The zero-order valence-electron chi connectivity index (χ0n) is 16.3. The molecule has 0 heterocycles. The lowest BCUT2D eigenvalue weighted by molar-refractivity contribution is -0.119. The topological polar surface area (TPSA) is 79.8 Å². The first-order valence-corrected chi connectivity index (χ1v) is 10.00. The van der Waals surface area contributed by atoms with Gasteiger partial charge in [0.1, 0.15) is 5.75 Å². The van der Waals surface area contributed by atoms with Gasteiger partial charge in [0.05, 0.1) is 18.3 Å². The molecule has 0 unspecified atom stereocenters. The van der Waals surface area contributed by atoms with Gasteiger partial charge < -0.3 is 10.1 Å². The van der Waals surface area contributed by atoms with Crippen LogP contribution in [-0.2, 0) is 4.79 Å². The van der Waals surface area contributed by atoms with Crippen LogP contribution in [0.4, 0.5) is 5.69 Å². The first-order chi connectivity index (χ1) is 14.5. The van der Waals surface area contributed by atoms with E-state index in [2.05, 4.69) is 31.8 Å². The number of anilines is 1. The maximum absolute atomic E-state index is 12.3. The van der Waals surface area contributed by atoms with E-state index in [-0.39, 0.29) is 12.5 Å². The quantitative estimate of drug-likeness (QED) is 0.232. The Bertz CT molecular complexity index is 1080. The van der Waals surface area contributed by atoms with Crippen LogP contribution in [0.2, 0.25) is 0 Å². The van der Waals surface area contributed by atoms with Crippen LogP contribution in [0.25, 0.3) is 0 Å². The molecule has 0 saturated heterocycles. The number of hydrazone groups is 1. The number of ether oxygens (including phenoxy) is 1. The van der Waals surface area contributed by atoms with E-state index in [1.807, 2.05) is 37.3 Å². The molecule has 0 aliphatic heterocycles. The number of nitrogens with one attached hydrogen (secondary N) is 2. The number of para-hydroxylation sites is 1. The van der Waals surface area contributed by atoms with Crippen molar-refractivity contribution in [1.29, 1.82) is 0 Å². The van der Waals surface area contributed by atoms with Gasteiger partial charge in [-0.2, -0.15) is 5.10 Å². The van der Waals surface area contributed by atoms with E-state index in [1.54, 1.807) is 42.5 Å². The molecule has 152 valence electrons. The predicted molar refractivity (Wildman–Crippen MR) is 121 cm³/mol. The van der Waals surface area contributed by atoms with Gasteiger partial charge in [0.25, 0.3) is 5.91 Å². The minimum absolute atomic E-state index is 0.104. The van der Waals surface area contributed by atoms with E-state index in [0.717, 1.165) is 15.7 Å². The van der Waals surface area contributed by atoms with Gasteiger partial charge in [-0.15, -0.1) is 0 Å². The van der Waals surface area contributed by atoms with E-state index in [1.165, 1.54) is 6.21 Å². The molecule has 1 amide bonds. The second-order valence-electron chi connectivity index (χ2n) is 6.43. The average Bonchev–Trinajstić information content (AvgIpc) is 2.73. The SMILES string of the molecule is Cc1ccccc1NCC(=O)N/N=C/c1cccc(OC(=O)c2cccc(Br)c2)c1. The molecular weight excluding hydrogens is 446 g/mol. The maximum Gasteiger partial charge on any atom is 0.343 e. The van der Waals surface area contributed by atoms with Gasteiger partial charge in [-0.3, -0.25) is 4.79 Å². The Hall–Kier alpha value is -3.45. The van der Waals surface area contributed by atoms with Gasteiger partial charge in [-0.1, -0.05) is 52.3 Å². The normalized spacial score (nSPS) is 10.6. The molecule has 0 aliphatic rings. The van der Waals surface area contributed by atoms with Gasteiger partial charge in [0.15, 0.2) is 0 Å². The molecule has 0 aliphatic carbocycles. The lowest BCUT2D eigenvalue weighted by Crippen LogP contribution is -2.26. The molecule has 0 bridgehead atoms. The molecular formula is C23H20BrN3O3. The van der Waals surface area contributed by atoms with E-state index < -0.39 is 5.97 Å². The van der Waals surface area contributed by atoms with Gasteiger partial charge in [0, 0.05) is 10.2 Å². The van der Waals surface area contributed by atoms with Crippen molar-refractivity contribution in [2.45, 2.75) is 6.92 Å². The largest absolute Gasteiger partial charge is 0.423 e. The van der Waals surface area contributed by atoms with Crippen molar-refractivity contribution in [2.75, 3.05) is 11.9 Å². The van der Waals surface area contributed by atoms with Gasteiger partial charge in [0.2, 0.25) is 0 Å². The number of esters is 1. The molecule has 0 radical (unpaired) electrons. The Labute approximate surface area is 183 Å². The molecule has 3 aromatic carbocycles. The minimum Gasteiger partial charge on any atom is -0.423 e. The van der Waals surface area contributed by atoms with Crippen molar-refractivity contribution in [3.63, 3.8) is 0 Å². The van der Waals surface area contributed by atoms with E-state index in [0.29, 0.717) is 16.9 Å². The van der Waals surface area contributed by atoms with Crippen molar-refractivity contribution >= 4 is 39.7 Å². The number of benzene rings is 3. The third kappa shape index (κ3) is 6.28. The Morgan fingerprint density at radius 2 is 1.83 bits per heavy atom. The Morgan fingerprint density at radius 3 is 2.63 bits per heavy atom. The Kier molecular flexibility index (Phi) is 7.34. The van der Waals surface area contributed by atoms with Crippen molar-refractivity contribution in [3.8, 4) is 5.75 Å². The summed E-state index contributed by atoms with van der Waals surface area (Å²) in [5.74, 6) is -0.343. The van der Waals surface area contributed by atoms with Crippen LogP contribution in [0.3, 0.4) is 0 Å². The fourth-order valence-electron chi connectivity index (χ4n) is 2.60. The second-order valence-corrected chi connectivity index (χ2v) is 7.35. The van der Waals surface area contributed by atoms with Crippen LogP contribution < -0.4 is 15.5 Å². The van der Waals surface area contributed by atoms with E-state index >= 15 is 0 Å². The maximum atomic E-state index is 12.3. The smallest absolute Gasteiger partial charge is 0.343 e. The molecule has 3 rings (SSSR count). The van der Waals surface area contributed by atoms with Crippen molar-refractivity contribution in [1.82, 2.24) is 5.43 Å². The molecule has 3 aromatic rings. The number of carbonyl (C=O) groups excluding carboxylic acids is 2. The first-order valence-electron chi connectivity index (χ1n) is 9.20. The zero-order valence-corrected chi connectivity index (χ0v) is 17.8. The standard InChI is InChI=1S/C23H20BrN3O3/c1-16-6-2-3-11-21(16)25-15-22(28)27-26-14-17-7-4-10-20(12-17)30-23(29)18-8-5-9-19(24)13-18/h2-14,25H,15H2,1H3,(H,27,28)/b26-14+. The van der Waals surface area contributed by atoms with Crippen LogP contribution in [0, 0.1) is 6.92 Å². The third-order valence-corrected chi connectivity index (χ3v) is 4.61. The van der Waals surface area contributed by atoms with Crippen molar-refractivity contribution in [2.24, 2.45) is 5.10 Å². The molecule has 0 aromatic heterocycles. The summed E-state index contributed by atoms with van der Waals surface area (Å²) in [6.07, 6.45) is 1.49. The molecule has 7 heteroatoms. The number of nitrogens with zero attached hydrogens (tertiary/aromatic N) is 1. The molecule has 0 saturated carbocycles. The number of rotatable bonds is 7. The fourth-order valence-corrected chi connectivity index (χ4v) is 3.00. The third-order valence-electron chi connectivity index (χ3n) is 4.12. The predicted octanol–water partition coefficient (Wildman–Crippen LogP) is 4.54. The van der Waals surface area contributed by atoms with E-state index in [9.17, 15) is 9.59 Å². The highest BCUT2D eigenvalue weighted by Gasteiger charge is 2.09. The molecule has 0 atom stereocenters. The van der Waals surface area contributed by atoms with Gasteiger partial charge >= 0.3 is 5.97 Å². The summed E-state index contributed by atoms with van der Waals surface area (Å²) in [5, 5.41) is 7.02. The summed E-state index contributed by atoms with van der Waals surface area (Å²) in [7, 11) is 0. The fraction of sp³-hybridized carbons (Fsp3) is 0.0870. The van der Waals surface area contributed by atoms with E-state index in [4.69, 9.17) is 4.74 Å². The zero-order chi connectivity index (χ0) is 21.3. The number of hydrogen-bond donors (Lipinski definition) is 2. The summed E-state index contributed by atoms with van der Waals surface area (Å²) in [4.78, 5) is 24.2. The molecule has 2 N–H and O–H groups in total. The highest BCUT2D eigenvalue weighted by atomic mass is 79.9. The molecule has 0 spiro atoms. The molecule has 30 heavy (non-hydrogen) atoms. The summed E-state index contributed by atoms with van der Waals surface area (Å²) in [6, 6.07) is 21.6. The summed E-state index contributed by atoms with van der Waals surface area (Å²) in [6.45, 7) is 2.07. The number of halogens is 1. The Balaban J connectivity index is 1.53. The summed E-state index contributed by atoms with van der Waals surface area (Å²) >= 11 is 3.33. The number of carbonyl (C=O) groups is 2. The number of hydrogen-bond acceptors (Lipinski definition) is 5. The first kappa shape index (κ1) is 21.3.